The smallest absolute Gasteiger partial charge is 0.321 e. The van der Waals surface area contributed by atoms with Gasteiger partial charge in [-0.3, -0.25) is 4.79 Å². The second kappa shape index (κ2) is 5.45. The van der Waals surface area contributed by atoms with Crippen molar-refractivity contribution < 1.29 is 14.7 Å². The molecule has 110 valence electrons. The van der Waals surface area contributed by atoms with Gasteiger partial charge < -0.3 is 15.3 Å². The number of rotatable bonds is 2. The van der Waals surface area contributed by atoms with E-state index in [0.717, 1.165) is 11.7 Å². The summed E-state index contributed by atoms with van der Waals surface area (Å²) in [6.07, 6.45) is 0.457. The fraction of sp³-hybridized carbons (Fsp3) is 0.333. The van der Waals surface area contributed by atoms with Gasteiger partial charge in [0.2, 0.25) is 0 Å². The molecular weight excluding hydrogens is 316 g/mol. The molecule has 1 atom stereocenters. The van der Waals surface area contributed by atoms with Gasteiger partial charge in [0.15, 0.2) is 0 Å². The minimum Gasteiger partial charge on any atom is -0.481 e. The number of benzene rings is 1. The summed E-state index contributed by atoms with van der Waals surface area (Å²) in [6, 6.07) is 3.00. The highest BCUT2D eigenvalue weighted by molar-refractivity contribution is 7.00. The van der Waals surface area contributed by atoms with Crippen LogP contribution in [0.25, 0.3) is 11.0 Å². The Hall–Kier alpha value is -1.93. The van der Waals surface area contributed by atoms with Crippen molar-refractivity contribution in [2.24, 2.45) is 5.92 Å². The number of carboxylic acids is 1. The lowest BCUT2D eigenvalue weighted by Crippen LogP contribution is -2.33. The molecule has 2 heterocycles. The van der Waals surface area contributed by atoms with Crippen molar-refractivity contribution in [3.05, 3.63) is 17.2 Å². The molecular formula is C12H11ClN4O3S. The molecule has 2 amide bonds. The Labute approximate surface area is 128 Å². The molecule has 0 radical (unpaired) electrons. The van der Waals surface area contributed by atoms with E-state index in [1.165, 1.54) is 4.90 Å². The van der Waals surface area contributed by atoms with Gasteiger partial charge in [0, 0.05) is 13.1 Å². The summed E-state index contributed by atoms with van der Waals surface area (Å²) in [7, 11) is 0. The minimum atomic E-state index is -0.880. The molecule has 9 heteroatoms. The Bertz CT molecular complexity index is 720. The Morgan fingerprint density at radius 3 is 2.95 bits per heavy atom. The first kappa shape index (κ1) is 14.0. The summed E-state index contributed by atoms with van der Waals surface area (Å²) in [5, 5.41) is 12.0. The second-order valence-electron chi connectivity index (χ2n) is 4.75. The van der Waals surface area contributed by atoms with Gasteiger partial charge in [0.1, 0.15) is 11.0 Å². The van der Waals surface area contributed by atoms with Crippen molar-refractivity contribution in [1.29, 1.82) is 0 Å². The van der Waals surface area contributed by atoms with Crippen molar-refractivity contribution in [3.63, 3.8) is 0 Å². The van der Waals surface area contributed by atoms with E-state index < -0.39 is 11.9 Å². The van der Waals surface area contributed by atoms with Crippen molar-refractivity contribution in [2.45, 2.75) is 6.42 Å². The molecule has 1 fully saturated rings. The molecule has 21 heavy (non-hydrogen) atoms. The number of aromatic nitrogens is 2. The van der Waals surface area contributed by atoms with E-state index in [1.807, 2.05) is 0 Å². The van der Waals surface area contributed by atoms with Gasteiger partial charge in [-0.05, 0) is 18.6 Å². The number of urea groups is 1. The lowest BCUT2D eigenvalue weighted by Gasteiger charge is -2.17. The van der Waals surface area contributed by atoms with Crippen LogP contribution in [-0.4, -0.2) is 43.8 Å². The van der Waals surface area contributed by atoms with Crippen LogP contribution in [0.15, 0.2) is 12.1 Å². The van der Waals surface area contributed by atoms with Crippen LogP contribution < -0.4 is 5.32 Å². The van der Waals surface area contributed by atoms with E-state index in [4.69, 9.17) is 16.7 Å². The molecule has 0 saturated carbocycles. The predicted molar refractivity (Wildman–Crippen MR) is 78.8 cm³/mol. The van der Waals surface area contributed by atoms with Gasteiger partial charge in [-0.1, -0.05) is 11.6 Å². The predicted octanol–water partition coefficient (Wildman–Crippen LogP) is 2.28. The molecule has 1 saturated heterocycles. The van der Waals surface area contributed by atoms with Gasteiger partial charge in [0.25, 0.3) is 0 Å². The molecule has 2 aromatic rings. The first-order chi connectivity index (χ1) is 10.1. The molecule has 1 aromatic heterocycles. The zero-order valence-corrected chi connectivity index (χ0v) is 12.3. The third-order valence-electron chi connectivity index (χ3n) is 3.43. The molecule has 1 unspecified atom stereocenters. The summed E-state index contributed by atoms with van der Waals surface area (Å²) in [5.41, 5.74) is 1.60. The molecule has 0 bridgehead atoms. The summed E-state index contributed by atoms with van der Waals surface area (Å²) in [4.78, 5) is 24.6. The van der Waals surface area contributed by atoms with Crippen molar-refractivity contribution in [1.82, 2.24) is 13.6 Å². The number of carbonyl (C=O) groups excluding carboxylic acids is 1. The largest absolute Gasteiger partial charge is 0.481 e. The number of carboxylic acid groups (broad SMARTS) is 1. The summed E-state index contributed by atoms with van der Waals surface area (Å²) in [6.45, 7) is 0.607. The molecule has 1 aromatic carbocycles. The van der Waals surface area contributed by atoms with Crippen LogP contribution in [0.2, 0.25) is 5.02 Å². The topological polar surface area (TPSA) is 95.4 Å². The molecule has 1 aliphatic heterocycles. The number of hydrogen-bond acceptors (Lipinski definition) is 5. The number of amides is 2. The van der Waals surface area contributed by atoms with Gasteiger partial charge in [0.05, 0.1) is 28.4 Å². The van der Waals surface area contributed by atoms with E-state index >= 15 is 0 Å². The van der Waals surface area contributed by atoms with Gasteiger partial charge in [-0.2, -0.15) is 8.75 Å². The highest BCUT2D eigenvalue weighted by Crippen LogP contribution is 2.30. The molecule has 7 nitrogen and oxygen atoms in total. The standard InChI is InChI=1S/C12H11ClN4O3S/c13-7-1-2-8-10(16-21-15-8)9(7)14-12(20)17-4-3-6(5-17)11(18)19/h1-2,6H,3-5H2,(H,14,20)(H,18,19). The zero-order chi connectivity index (χ0) is 15.0. The Morgan fingerprint density at radius 2 is 2.24 bits per heavy atom. The highest BCUT2D eigenvalue weighted by atomic mass is 35.5. The second-order valence-corrected chi connectivity index (χ2v) is 5.69. The number of likely N-dealkylation sites (tertiary alicyclic amines) is 1. The summed E-state index contributed by atoms with van der Waals surface area (Å²) in [5.74, 6) is -1.39. The number of halogens is 1. The van der Waals surface area contributed by atoms with E-state index in [0.29, 0.717) is 34.7 Å². The number of hydrogen-bond donors (Lipinski definition) is 2. The normalized spacial score (nSPS) is 18.1. The molecule has 0 spiro atoms. The Balaban J connectivity index is 1.79. The van der Waals surface area contributed by atoms with Gasteiger partial charge in [-0.25, -0.2) is 4.79 Å². The number of carbonyl (C=O) groups is 2. The van der Waals surface area contributed by atoms with E-state index in [2.05, 4.69) is 14.1 Å². The Kier molecular flexibility index (Phi) is 3.64. The summed E-state index contributed by atoms with van der Waals surface area (Å²) < 4.78 is 8.21. The van der Waals surface area contributed by atoms with Crippen molar-refractivity contribution in [2.75, 3.05) is 18.4 Å². The van der Waals surface area contributed by atoms with Crippen molar-refractivity contribution in [3.8, 4) is 0 Å². The minimum absolute atomic E-state index is 0.198. The third-order valence-corrected chi connectivity index (χ3v) is 4.29. The lowest BCUT2D eigenvalue weighted by atomic mass is 10.1. The molecule has 2 N–H and O–H groups in total. The fourth-order valence-corrected chi connectivity index (χ4v) is 3.02. The maximum absolute atomic E-state index is 12.2. The third kappa shape index (κ3) is 2.64. The number of aliphatic carboxylic acids is 1. The average Bonchev–Trinajstić information content (AvgIpc) is 3.09. The maximum Gasteiger partial charge on any atom is 0.321 e. The van der Waals surface area contributed by atoms with E-state index in [9.17, 15) is 9.59 Å². The number of nitrogens with one attached hydrogen (secondary N) is 1. The van der Waals surface area contributed by atoms with E-state index in [-0.39, 0.29) is 12.6 Å². The molecule has 1 aliphatic rings. The van der Waals surface area contributed by atoms with Crippen LogP contribution in [0.1, 0.15) is 6.42 Å². The SMILES string of the molecule is O=C(O)C1CCN(C(=O)Nc2c(Cl)ccc3nsnc23)C1. The fourth-order valence-electron chi connectivity index (χ4n) is 2.28. The van der Waals surface area contributed by atoms with Crippen LogP contribution in [0.5, 0.6) is 0 Å². The van der Waals surface area contributed by atoms with Crippen LogP contribution in [0, 0.1) is 5.92 Å². The van der Waals surface area contributed by atoms with Gasteiger partial charge in [-0.15, -0.1) is 0 Å². The monoisotopic (exact) mass is 326 g/mol. The van der Waals surface area contributed by atoms with Crippen LogP contribution in [0.3, 0.4) is 0 Å². The summed E-state index contributed by atoms with van der Waals surface area (Å²) >= 11 is 7.14. The zero-order valence-electron chi connectivity index (χ0n) is 10.7. The van der Waals surface area contributed by atoms with Crippen molar-refractivity contribution >= 4 is 52.1 Å². The molecule has 3 rings (SSSR count). The molecule has 0 aliphatic carbocycles. The van der Waals surface area contributed by atoms with Crippen LogP contribution in [-0.2, 0) is 4.79 Å². The number of nitrogens with zero attached hydrogens (tertiary/aromatic N) is 3. The first-order valence-corrected chi connectivity index (χ1v) is 7.36. The van der Waals surface area contributed by atoms with Crippen LogP contribution >= 0.6 is 23.3 Å². The maximum atomic E-state index is 12.2. The number of fused-ring (bicyclic) bond motifs is 1. The first-order valence-electron chi connectivity index (χ1n) is 6.26. The highest BCUT2D eigenvalue weighted by Gasteiger charge is 2.31. The number of anilines is 1. The lowest BCUT2D eigenvalue weighted by molar-refractivity contribution is -0.141. The van der Waals surface area contributed by atoms with Crippen LogP contribution in [0.4, 0.5) is 10.5 Å². The average molecular weight is 327 g/mol. The quantitative estimate of drug-likeness (QED) is 0.882. The Morgan fingerprint density at radius 1 is 1.43 bits per heavy atom. The van der Waals surface area contributed by atoms with E-state index in [1.54, 1.807) is 12.1 Å². The van der Waals surface area contributed by atoms with Gasteiger partial charge >= 0.3 is 12.0 Å².